The van der Waals surface area contributed by atoms with E-state index >= 15 is 0 Å². The largest absolute Gasteiger partial charge is 0.481 e. The van der Waals surface area contributed by atoms with Crippen LogP contribution in [0, 0.1) is 0 Å². The monoisotopic (exact) mass is 254 g/mol. The Morgan fingerprint density at radius 1 is 1.44 bits per heavy atom. The fourth-order valence-corrected chi connectivity index (χ4v) is 2.71. The van der Waals surface area contributed by atoms with Crippen molar-refractivity contribution in [1.82, 2.24) is 0 Å². The molecule has 0 aliphatic carbocycles. The summed E-state index contributed by atoms with van der Waals surface area (Å²) in [5.41, 5.74) is 1.03. The first-order valence-corrected chi connectivity index (χ1v) is 6.36. The van der Waals surface area contributed by atoms with Crippen LogP contribution in [0.1, 0.15) is 25.3 Å². The maximum atomic E-state index is 10.4. The van der Waals surface area contributed by atoms with Crippen molar-refractivity contribution in [2.45, 2.75) is 25.0 Å². The standard InChI is InChI=1S/C12H14O2S2/c1-9(7-8-11(13)14)16-12(15)10-5-3-2-4-6-10/h2-6,9H,7-8H2,1H3,(H,13,14). The highest BCUT2D eigenvalue weighted by atomic mass is 32.2. The van der Waals surface area contributed by atoms with Crippen LogP contribution < -0.4 is 0 Å². The van der Waals surface area contributed by atoms with Crippen molar-refractivity contribution in [3.63, 3.8) is 0 Å². The maximum Gasteiger partial charge on any atom is 0.303 e. The van der Waals surface area contributed by atoms with Crippen molar-refractivity contribution in [2.24, 2.45) is 0 Å². The molecule has 1 unspecified atom stereocenters. The first kappa shape index (κ1) is 13.2. The van der Waals surface area contributed by atoms with Gasteiger partial charge in [0.25, 0.3) is 0 Å². The van der Waals surface area contributed by atoms with Crippen LogP contribution in [0.3, 0.4) is 0 Å². The normalized spacial score (nSPS) is 12.1. The molecule has 1 aromatic rings. The number of carboxylic acids is 1. The smallest absolute Gasteiger partial charge is 0.303 e. The highest BCUT2D eigenvalue weighted by molar-refractivity contribution is 8.24. The number of thiocarbonyl (C=S) groups is 1. The predicted molar refractivity (Wildman–Crippen MR) is 72.1 cm³/mol. The van der Waals surface area contributed by atoms with Crippen molar-refractivity contribution in [3.8, 4) is 0 Å². The van der Waals surface area contributed by atoms with Gasteiger partial charge in [-0.25, -0.2) is 0 Å². The second-order valence-corrected chi connectivity index (χ2v) is 5.63. The predicted octanol–water partition coefficient (Wildman–Crippen LogP) is 3.35. The lowest BCUT2D eigenvalue weighted by molar-refractivity contribution is -0.137. The fraction of sp³-hybridized carbons (Fsp3) is 0.333. The molecule has 0 amide bonds. The molecular formula is C12H14O2S2. The van der Waals surface area contributed by atoms with Gasteiger partial charge in [0.1, 0.15) is 0 Å². The van der Waals surface area contributed by atoms with Crippen LogP contribution >= 0.6 is 24.0 Å². The van der Waals surface area contributed by atoms with Crippen molar-refractivity contribution in [3.05, 3.63) is 35.9 Å². The van der Waals surface area contributed by atoms with Crippen LogP contribution in [-0.4, -0.2) is 20.5 Å². The Labute approximate surface area is 105 Å². The van der Waals surface area contributed by atoms with Gasteiger partial charge in [-0.15, -0.1) is 11.8 Å². The molecule has 1 atom stereocenters. The Balaban J connectivity index is 2.43. The summed E-state index contributed by atoms with van der Waals surface area (Å²) >= 11 is 6.85. The third-order valence-corrected chi connectivity index (χ3v) is 3.69. The molecule has 0 bridgehead atoms. The minimum atomic E-state index is -0.752. The molecule has 86 valence electrons. The van der Waals surface area contributed by atoms with Gasteiger partial charge in [0.15, 0.2) is 0 Å². The zero-order valence-electron chi connectivity index (χ0n) is 9.05. The Kier molecular flexibility index (Phi) is 5.49. The van der Waals surface area contributed by atoms with Gasteiger partial charge in [-0.1, -0.05) is 49.5 Å². The van der Waals surface area contributed by atoms with Crippen molar-refractivity contribution in [2.75, 3.05) is 0 Å². The molecule has 16 heavy (non-hydrogen) atoms. The van der Waals surface area contributed by atoms with Crippen LogP contribution in [0.25, 0.3) is 0 Å². The second-order valence-electron chi connectivity index (χ2n) is 3.51. The summed E-state index contributed by atoms with van der Waals surface area (Å²) in [7, 11) is 0. The van der Waals surface area contributed by atoms with Crippen LogP contribution in [-0.2, 0) is 4.79 Å². The number of rotatable bonds is 5. The van der Waals surface area contributed by atoms with Crippen LogP contribution in [0.4, 0.5) is 0 Å². The van der Waals surface area contributed by atoms with Gasteiger partial charge >= 0.3 is 5.97 Å². The highest BCUT2D eigenvalue weighted by Crippen LogP contribution is 2.22. The van der Waals surface area contributed by atoms with E-state index in [4.69, 9.17) is 17.3 Å². The van der Waals surface area contributed by atoms with E-state index in [2.05, 4.69) is 0 Å². The molecule has 0 fully saturated rings. The summed E-state index contributed by atoms with van der Waals surface area (Å²) in [5.74, 6) is -0.752. The number of carbonyl (C=O) groups is 1. The SMILES string of the molecule is CC(CCC(=O)O)SC(=S)c1ccccc1. The quantitative estimate of drug-likeness (QED) is 0.818. The van der Waals surface area contributed by atoms with E-state index in [1.165, 1.54) is 0 Å². The number of benzene rings is 1. The molecule has 4 heteroatoms. The lowest BCUT2D eigenvalue weighted by Crippen LogP contribution is -2.05. The van der Waals surface area contributed by atoms with Gasteiger partial charge in [0.05, 0.1) is 4.20 Å². The minimum Gasteiger partial charge on any atom is -0.481 e. The summed E-state index contributed by atoms with van der Waals surface area (Å²) in [5, 5.41) is 8.81. The van der Waals surface area contributed by atoms with E-state index in [9.17, 15) is 4.79 Å². The molecule has 0 heterocycles. The van der Waals surface area contributed by atoms with E-state index in [0.29, 0.717) is 6.42 Å². The third-order valence-electron chi connectivity index (χ3n) is 2.08. The summed E-state index contributed by atoms with van der Waals surface area (Å²) in [4.78, 5) is 10.4. The van der Waals surface area contributed by atoms with Crippen LogP contribution in [0.15, 0.2) is 30.3 Å². The van der Waals surface area contributed by atoms with Gasteiger partial charge < -0.3 is 5.11 Å². The lowest BCUT2D eigenvalue weighted by atomic mass is 10.2. The molecule has 0 saturated carbocycles. The van der Waals surface area contributed by atoms with Gasteiger partial charge in [-0.3, -0.25) is 4.79 Å². The van der Waals surface area contributed by atoms with E-state index in [1.54, 1.807) is 11.8 Å². The molecule has 1 N–H and O–H groups in total. The third kappa shape index (κ3) is 4.77. The number of hydrogen-bond acceptors (Lipinski definition) is 3. The molecule has 0 aliphatic rings. The fourth-order valence-electron chi connectivity index (χ4n) is 1.21. The first-order chi connectivity index (χ1) is 7.59. The Morgan fingerprint density at radius 2 is 2.06 bits per heavy atom. The summed E-state index contributed by atoms with van der Waals surface area (Å²) in [6.07, 6.45) is 0.846. The topological polar surface area (TPSA) is 37.3 Å². The molecule has 1 rings (SSSR count). The van der Waals surface area contributed by atoms with Crippen molar-refractivity contribution < 1.29 is 9.90 Å². The molecule has 0 aliphatic heterocycles. The van der Waals surface area contributed by atoms with Crippen LogP contribution in [0.2, 0.25) is 0 Å². The number of thioether (sulfide) groups is 1. The number of aliphatic carboxylic acids is 1. The average molecular weight is 254 g/mol. The molecule has 0 spiro atoms. The molecule has 0 saturated heterocycles. The van der Waals surface area contributed by atoms with E-state index in [1.807, 2.05) is 37.3 Å². The summed E-state index contributed by atoms with van der Waals surface area (Å²) in [6, 6.07) is 9.79. The van der Waals surface area contributed by atoms with Crippen molar-refractivity contribution >= 4 is 34.1 Å². The number of carboxylic acid groups (broad SMARTS) is 1. The molecular weight excluding hydrogens is 240 g/mol. The average Bonchev–Trinajstić information content (AvgIpc) is 2.27. The zero-order chi connectivity index (χ0) is 12.0. The number of hydrogen-bond donors (Lipinski definition) is 1. The van der Waals surface area contributed by atoms with Gasteiger partial charge in [0.2, 0.25) is 0 Å². The first-order valence-electron chi connectivity index (χ1n) is 5.07. The van der Waals surface area contributed by atoms with Gasteiger partial charge in [-0.2, -0.15) is 0 Å². The summed E-state index contributed by atoms with van der Waals surface area (Å²) in [6.45, 7) is 2.00. The lowest BCUT2D eigenvalue weighted by Gasteiger charge is -2.10. The van der Waals surface area contributed by atoms with Crippen LogP contribution in [0.5, 0.6) is 0 Å². The van der Waals surface area contributed by atoms with E-state index in [0.717, 1.165) is 9.76 Å². The molecule has 2 nitrogen and oxygen atoms in total. The zero-order valence-corrected chi connectivity index (χ0v) is 10.7. The highest BCUT2D eigenvalue weighted by Gasteiger charge is 2.09. The molecule has 0 radical (unpaired) electrons. The summed E-state index contributed by atoms with van der Waals surface area (Å²) < 4.78 is 0.832. The minimum absolute atomic E-state index is 0.200. The Morgan fingerprint density at radius 3 is 2.62 bits per heavy atom. The van der Waals surface area contributed by atoms with Gasteiger partial charge in [0, 0.05) is 11.7 Å². The van der Waals surface area contributed by atoms with Crippen molar-refractivity contribution in [1.29, 1.82) is 0 Å². The maximum absolute atomic E-state index is 10.4. The Bertz CT molecular complexity index is 363. The van der Waals surface area contributed by atoms with E-state index in [-0.39, 0.29) is 11.7 Å². The van der Waals surface area contributed by atoms with Gasteiger partial charge in [-0.05, 0) is 12.0 Å². The second kappa shape index (κ2) is 6.66. The molecule has 1 aromatic carbocycles. The molecule has 0 aromatic heterocycles. The Hall–Kier alpha value is -0.870. The van der Waals surface area contributed by atoms with E-state index < -0.39 is 5.97 Å².